The minimum absolute atomic E-state index is 0. The largest absolute Gasteiger partial charge is 0.353 e. The van der Waals surface area contributed by atoms with E-state index in [1.807, 2.05) is 13.8 Å². The zero-order valence-electron chi connectivity index (χ0n) is 12.1. The summed E-state index contributed by atoms with van der Waals surface area (Å²) in [6, 6.07) is 5.47. The first-order valence-corrected chi connectivity index (χ1v) is 6.66. The Morgan fingerprint density at radius 1 is 1.43 bits per heavy atom. The van der Waals surface area contributed by atoms with E-state index in [1.54, 1.807) is 24.4 Å². The summed E-state index contributed by atoms with van der Waals surface area (Å²) >= 11 is 0. The molecule has 0 aliphatic carbocycles. The highest BCUT2D eigenvalue weighted by atomic mass is 35.5. The topological polar surface area (TPSA) is 80.4 Å². The molecule has 2 rings (SSSR count). The fourth-order valence-corrected chi connectivity index (χ4v) is 1.95. The summed E-state index contributed by atoms with van der Waals surface area (Å²) in [7, 11) is 0. The van der Waals surface area contributed by atoms with Crippen LogP contribution in [0.3, 0.4) is 0 Å². The molecule has 0 aliphatic rings. The summed E-state index contributed by atoms with van der Waals surface area (Å²) in [5.41, 5.74) is 0.224. The van der Waals surface area contributed by atoms with Crippen LogP contribution >= 0.6 is 12.4 Å². The molecule has 2 N–H and O–H groups in total. The van der Waals surface area contributed by atoms with E-state index in [0.29, 0.717) is 12.2 Å². The van der Waals surface area contributed by atoms with Crippen LogP contribution < -0.4 is 16.3 Å². The summed E-state index contributed by atoms with van der Waals surface area (Å²) < 4.78 is 2.58. The van der Waals surface area contributed by atoms with Gasteiger partial charge in [-0.1, -0.05) is 13.0 Å². The van der Waals surface area contributed by atoms with E-state index < -0.39 is 0 Å². The quantitative estimate of drug-likeness (QED) is 0.788. The van der Waals surface area contributed by atoms with Crippen LogP contribution in [0.5, 0.6) is 0 Å². The Balaban J connectivity index is 0.00000220. The monoisotopic (exact) mass is 313 g/mol. The summed E-state index contributed by atoms with van der Waals surface area (Å²) in [6.45, 7) is 5.30. The Morgan fingerprint density at radius 3 is 2.86 bits per heavy atom. The van der Waals surface area contributed by atoms with Crippen molar-refractivity contribution in [3.63, 3.8) is 0 Å². The summed E-state index contributed by atoms with van der Waals surface area (Å²) in [4.78, 5) is 23.8. The minimum atomic E-state index is -0.310. The maximum absolute atomic E-state index is 12.0. The molecule has 2 heterocycles. The summed E-state index contributed by atoms with van der Waals surface area (Å²) in [5.74, 6) is -0.222. The average Bonchev–Trinajstić information content (AvgIpc) is 2.74. The van der Waals surface area contributed by atoms with Crippen molar-refractivity contribution in [1.29, 1.82) is 0 Å². The number of aromatic nitrogens is 3. The summed E-state index contributed by atoms with van der Waals surface area (Å²) in [5, 5.41) is 10.1. The number of carbonyl (C=O) groups is 1. The van der Waals surface area contributed by atoms with Gasteiger partial charge in [0, 0.05) is 18.8 Å². The number of fused-ring (bicyclic) bond motifs is 1. The molecule has 0 spiro atoms. The lowest BCUT2D eigenvalue weighted by Gasteiger charge is -2.12. The Kier molecular flexibility index (Phi) is 6.39. The molecule has 0 unspecified atom stereocenters. The van der Waals surface area contributed by atoms with Crippen molar-refractivity contribution in [2.24, 2.45) is 0 Å². The molecule has 7 nitrogen and oxygen atoms in total. The number of rotatable bonds is 6. The molecule has 2 aromatic rings. The molecule has 1 atom stereocenters. The maximum Gasteiger partial charge on any atom is 0.350 e. The average molecular weight is 314 g/mol. The molecule has 0 fully saturated rings. The van der Waals surface area contributed by atoms with Crippen LogP contribution in [0.4, 0.5) is 0 Å². The molecule has 0 saturated heterocycles. The number of amides is 1. The number of pyridine rings is 1. The van der Waals surface area contributed by atoms with E-state index in [2.05, 4.69) is 15.7 Å². The zero-order chi connectivity index (χ0) is 14.5. The maximum atomic E-state index is 12.0. The van der Waals surface area contributed by atoms with Crippen LogP contribution in [0.2, 0.25) is 0 Å². The SMILES string of the molecule is CCN[C@H](C)CNC(=O)Cn1nc2ccccn2c1=O.Cl. The highest BCUT2D eigenvalue weighted by Gasteiger charge is 2.10. The summed E-state index contributed by atoms with van der Waals surface area (Å²) in [6.07, 6.45) is 1.63. The molecule has 0 aromatic carbocycles. The van der Waals surface area contributed by atoms with Gasteiger partial charge in [-0.05, 0) is 25.6 Å². The van der Waals surface area contributed by atoms with Crippen LogP contribution in [0, 0.1) is 0 Å². The second-order valence-corrected chi connectivity index (χ2v) is 4.63. The molecule has 0 radical (unpaired) electrons. The van der Waals surface area contributed by atoms with Crippen LogP contribution in [-0.4, -0.2) is 39.2 Å². The number of carbonyl (C=O) groups excluding carboxylic acids is 1. The Labute approximate surface area is 128 Å². The highest BCUT2D eigenvalue weighted by Crippen LogP contribution is 1.94. The number of halogens is 1. The first kappa shape index (κ1) is 17.2. The molecule has 0 bridgehead atoms. The van der Waals surface area contributed by atoms with E-state index in [1.165, 1.54) is 9.08 Å². The molecule has 21 heavy (non-hydrogen) atoms. The zero-order valence-corrected chi connectivity index (χ0v) is 12.9. The van der Waals surface area contributed by atoms with Gasteiger partial charge in [0.1, 0.15) is 6.54 Å². The van der Waals surface area contributed by atoms with Crippen molar-refractivity contribution >= 4 is 24.0 Å². The van der Waals surface area contributed by atoms with E-state index in [0.717, 1.165) is 6.54 Å². The molecule has 116 valence electrons. The van der Waals surface area contributed by atoms with Gasteiger partial charge in [0.05, 0.1) is 0 Å². The molecular weight excluding hydrogens is 294 g/mol. The third-order valence-electron chi connectivity index (χ3n) is 2.94. The lowest BCUT2D eigenvalue weighted by atomic mass is 10.3. The third kappa shape index (κ3) is 4.30. The molecule has 2 aromatic heterocycles. The Bertz CT molecular complexity index is 651. The van der Waals surface area contributed by atoms with Crippen LogP contribution in [0.25, 0.3) is 5.65 Å². The second kappa shape index (κ2) is 7.80. The van der Waals surface area contributed by atoms with Gasteiger partial charge in [-0.25, -0.2) is 9.48 Å². The number of likely N-dealkylation sites (N-methyl/N-ethyl adjacent to an activating group) is 1. The molecule has 0 aliphatic heterocycles. The van der Waals surface area contributed by atoms with Crippen LogP contribution in [0.1, 0.15) is 13.8 Å². The van der Waals surface area contributed by atoms with Crippen molar-refractivity contribution in [2.45, 2.75) is 26.4 Å². The van der Waals surface area contributed by atoms with Gasteiger partial charge in [-0.2, -0.15) is 0 Å². The van der Waals surface area contributed by atoms with Crippen molar-refractivity contribution in [2.75, 3.05) is 13.1 Å². The standard InChI is InChI=1S/C13H19N5O2.ClH/c1-3-14-10(2)8-15-12(19)9-18-13(20)17-7-5-4-6-11(17)16-18;/h4-7,10,14H,3,8-9H2,1-2H3,(H,15,19);1H/t10-;/m1./s1. The van der Waals surface area contributed by atoms with Crippen LogP contribution in [-0.2, 0) is 11.3 Å². The van der Waals surface area contributed by atoms with Gasteiger partial charge in [0.15, 0.2) is 5.65 Å². The van der Waals surface area contributed by atoms with E-state index >= 15 is 0 Å². The van der Waals surface area contributed by atoms with Crippen molar-refractivity contribution in [3.8, 4) is 0 Å². The van der Waals surface area contributed by atoms with Gasteiger partial charge in [-0.3, -0.25) is 9.20 Å². The number of hydrogen-bond donors (Lipinski definition) is 2. The Hall–Kier alpha value is -1.86. The van der Waals surface area contributed by atoms with Gasteiger partial charge < -0.3 is 10.6 Å². The molecule has 0 saturated carbocycles. The molecule has 8 heteroatoms. The predicted molar refractivity (Wildman–Crippen MR) is 82.8 cm³/mol. The van der Waals surface area contributed by atoms with Gasteiger partial charge in [-0.15, -0.1) is 17.5 Å². The smallest absolute Gasteiger partial charge is 0.350 e. The number of hydrogen-bond acceptors (Lipinski definition) is 4. The first-order valence-electron chi connectivity index (χ1n) is 6.66. The van der Waals surface area contributed by atoms with Gasteiger partial charge in [0.2, 0.25) is 5.91 Å². The fraction of sp³-hybridized carbons (Fsp3) is 0.462. The lowest BCUT2D eigenvalue weighted by molar-refractivity contribution is -0.122. The predicted octanol–water partition coefficient (Wildman–Crippen LogP) is 0.0320. The van der Waals surface area contributed by atoms with Gasteiger partial charge >= 0.3 is 5.69 Å². The first-order chi connectivity index (χ1) is 9.61. The van der Waals surface area contributed by atoms with Crippen molar-refractivity contribution in [1.82, 2.24) is 24.8 Å². The van der Waals surface area contributed by atoms with E-state index in [9.17, 15) is 9.59 Å². The van der Waals surface area contributed by atoms with Gasteiger partial charge in [0.25, 0.3) is 0 Å². The normalized spacial score (nSPS) is 11.9. The number of nitrogens with one attached hydrogen (secondary N) is 2. The second-order valence-electron chi connectivity index (χ2n) is 4.63. The Morgan fingerprint density at radius 2 is 2.19 bits per heavy atom. The van der Waals surface area contributed by atoms with Crippen LogP contribution in [0.15, 0.2) is 29.2 Å². The van der Waals surface area contributed by atoms with E-state index in [4.69, 9.17) is 0 Å². The van der Waals surface area contributed by atoms with Crippen molar-refractivity contribution < 1.29 is 4.79 Å². The molecule has 1 amide bonds. The van der Waals surface area contributed by atoms with E-state index in [-0.39, 0.29) is 36.6 Å². The van der Waals surface area contributed by atoms with Crippen molar-refractivity contribution in [3.05, 3.63) is 34.9 Å². The highest BCUT2D eigenvalue weighted by molar-refractivity contribution is 5.85. The number of nitrogens with zero attached hydrogens (tertiary/aromatic N) is 3. The third-order valence-corrected chi connectivity index (χ3v) is 2.94. The fourth-order valence-electron chi connectivity index (χ4n) is 1.95. The lowest BCUT2D eigenvalue weighted by Crippen LogP contribution is -2.41. The molecular formula is C13H20ClN5O2. The minimum Gasteiger partial charge on any atom is -0.353 e.